The van der Waals surface area contributed by atoms with Gasteiger partial charge in [-0.25, -0.2) is 0 Å². The number of carbonyl (C=O) groups is 1. The van der Waals surface area contributed by atoms with E-state index < -0.39 is 7.81 Å². The Kier molecular flexibility index (Phi) is 24.1. The van der Waals surface area contributed by atoms with Gasteiger partial charge in [-0.2, -0.15) is 0 Å². The fourth-order valence-corrected chi connectivity index (χ4v) is 1.03. The van der Waals surface area contributed by atoms with E-state index in [1.165, 1.54) is 0 Å². The second-order valence-corrected chi connectivity index (χ2v) is 5.22. The van der Waals surface area contributed by atoms with Gasteiger partial charge >= 0.3 is 52.5 Å². The zero-order chi connectivity index (χ0) is 13.1. The largest absolute Gasteiger partial charge is 8.00 e. The standard InChI is InChI=1S/C6H11N2O.F6P.5H2N.Ru/c7-6(9)5-1-3-8-4-2-5;1-7(2,3,4,5)6;;;;;;/h5H,1-4H2,(H2,7,9);;5*1H2;/q7*-1;+8. The normalized spacial score (nSPS) is 16.3. The molecular formula is C6H21F6N7OPRu+. The summed E-state index contributed by atoms with van der Waals surface area (Å²) >= 11 is 0. The third-order valence-corrected chi connectivity index (χ3v) is 1.67. The number of hydrogen-bond acceptors (Lipinski definition) is 1. The molecule has 8 nitrogen and oxygen atoms in total. The Hall–Kier alpha value is -0.137. The Morgan fingerprint density at radius 2 is 1.09 bits per heavy atom. The van der Waals surface area contributed by atoms with E-state index in [0.29, 0.717) is 0 Å². The zero-order valence-corrected chi connectivity index (χ0v) is 13.9. The summed E-state index contributed by atoms with van der Waals surface area (Å²) in [4.78, 5) is 10.5. The average molecular weight is 453 g/mol. The number of halogens is 6. The molecule has 16 heteroatoms. The van der Waals surface area contributed by atoms with Crippen LogP contribution < -0.4 is 5.73 Å². The summed E-state index contributed by atoms with van der Waals surface area (Å²) in [5, 5.41) is 4.10. The van der Waals surface area contributed by atoms with E-state index in [9.17, 15) is 30.0 Å². The predicted octanol–water partition coefficient (Wildman–Crippen LogP) is 7.22. The van der Waals surface area contributed by atoms with Gasteiger partial charge in [-0.05, 0) is 0 Å². The third-order valence-electron chi connectivity index (χ3n) is 1.67. The van der Waals surface area contributed by atoms with E-state index in [2.05, 4.69) is 5.32 Å². The van der Waals surface area contributed by atoms with Crippen LogP contribution >= 0.6 is 7.81 Å². The number of nitrogens with two attached hydrogens (primary N) is 6. The summed E-state index contributed by atoms with van der Waals surface area (Å²) < 4.78 is 59.2. The van der Waals surface area contributed by atoms with Crippen LogP contribution in [0.2, 0.25) is 0 Å². The molecule has 0 saturated carbocycles. The minimum Gasteiger partial charge on any atom is -0.693 e. The van der Waals surface area contributed by atoms with Crippen molar-refractivity contribution in [1.29, 1.82) is 0 Å². The van der Waals surface area contributed by atoms with Crippen LogP contribution in [0.3, 0.4) is 0 Å². The Morgan fingerprint density at radius 1 is 0.864 bits per heavy atom. The van der Waals surface area contributed by atoms with Crippen molar-refractivity contribution in [1.82, 2.24) is 0 Å². The third kappa shape index (κ3) is 50.2. The Balaban J connectivity index is -0.0000000328. The van der Waals surface area contributed by atoms with Crippen LogP contribution in [-0.4, -0.2) is 19.0 Å². The van der Waals surface area contributed by atoms with Crippen LogP contribution in [0.15, 0.2) is 0 Å². The molecule has 0 atom stereocenters. The summed E-state index contributed by atoms with van der Waals surface area (Å²) in [5.74, 6) is -0.0626. The summed E-state index contributed by atoms with van der Waals surface area (Å²) in [7, 11) is -10.7. The molecule has 12 N–H and O–H groups in total. The number of nitrogens with zero attached hydrogens (tertiary/aromatic N) is 1. The zero-order valence-electron chi connectivity index (χ0n) is 11.3. The minimum absolute atomic E-state index is 0. The minimum atomic E-state index is -10.7. The fourth-order valence-electron chi connectivity index (χ4n) is 1.03. The first kappa shape index (κ1) is 43.1. The topological polar surface area (TPSA) is 225 Å². The molecular weight excluding hydrogens is 432 g/mol. The van der Waals surface area contributed by atoms with Gasteiger partial charge in [0.1, 0.15) is 0 Å². The summed E-state index contributed by atoms with van der Waals surface area (Å²) in [6.45, 7) is 1.63. The van der Waals surface area contributed by atoms with Crippen molar-refractivity contribution in [2.45, 2.75) is 12.8 Å². The molecule has 140 valence electrons. The molecule has 0 aromatic carbocycles. The number of piperidine rings is 1. The molecule has 0 aliphatic carbocycles. The van der Waals surface area contributed by atoms with E-state index in [1.807, 2.05) is 0 Å². The fraction of sp³-hybridized carbons (Fsp3) is 0.833. The molecule has 1 rings (SSSR count). The van der Waals surface area contributed by atoms with E-state index in [1.54, 1.807) is 0 Å². The number of primary amides is 1. The van der Waals surface area contributed by atoms with Crippen molar-refractivity contribution in [3.63, 3.8) is 0 Å². The maximum atomic E-state index is 10.5. The van der Waals surface area contributed by atoms with Crippen LogP contribution in [0.25, 0.3) is 36.1 Å². The van der Waals surface area contributed by atoms with Gasteiger partial charge in [-0.15, -0.1) is 13.1 Å². The van der Waals surface area contributed by atoms with Crippen molar-refractivity contribution in [2.75, 3.05) is 13.1 Å². The molecule has 1 heterocycles. The number of amides is 1. The maximum absolute atomic E-state index is 10.7. The summed E-state index contributed by atoms with van der Waals surface area (Å²) in [5.41, 5.74) is 5.09. The molecule has 1 amide bonds. The molecule has 1 aliphatic heterocycles. The second-order valence-electron chi connectivity index (χ2n) is 3.31. The smallest absolute Gasteiger partial charge is 0.693 e. The molecule has 0 radical (unpaired) electrons. The number of rotatable bonds is 1. The summed E-state index contributed by atoms with van der Waals surface area (Å²) in [6.07, 6.45) is 1.71. The monoisotopic (exact) mass is 454 g/mol. The number of hydrogen-bond donors (Lipinski definition) is 1. The van der Waals surface area contributed by atoms with E-state index in [-0.39, 0.29) is 62.1 Å². The molecule has 0 aromatic rings. The van der Waals surface area contributed by atoms with Crippen molar-refractivity contribution >= 4 is 13.7 Å². The van der Waals surface area contributed by atoms with Gasteiger partial charge in [-0.3, -0.25) is 4.79 Å². The number of carbonyl (C=O) groups excluding carboxylic acids is 1. The molecule has 0 aromatic heterocycles. The molecule has 1 aliphatic rings. The molecule has 0 bridgehead atoms. The van der Waals surface area contributed by atoms with Crippen molar-refractivity contribution in [3.8, 4) is 0 Å². The van der Waals surface area contributed by atoms with Crippen molar-refractivity contribution < 1.29 is 49.5 Å². The van der Waals surface area contributed by atoms with Crippen LogP contribution in [-0.2, 0) is 24.3 Å². The van der Waals surface area contributed by atoms with Crippen molar-refractivity contribution in [3.05, 3.63) is 36.1 Å². The molecule has 0 spiro atoms. The van der Waals surface area contributed by atoms with Crippen molar-refractivity contribution in [2.24, 2.45) is 11.7 Å². The predicted molar refractivity (Wildman–Crippen MR) is 75.0 cm³/mol. The van der Waals surface area contributed by atoms with Gasteiger partial charge < -0.3 is 41.8 Å². The molecule has 1 saturated heterocycles. The molecule has 0 unspecified atom stereocenters. The summed E-state index contributed by atoms with van der Waals surface area (Å²) in [6, 6.07) is 0. The van der Waals surface area contributed by atoms with Gasteiger partial charge in [0, 0.05) is 5.92 Å². The van der Waals surface area contributed by atoms with E-state index in [4.69, 9.17) is 5.73 Å². The first-order chi connectivity index (χ1) is 6.75. The van der Waals surface area contributed by atoms with E-state index >= 15 is 0 Å². The van der Waals surface area contributed by atoms with Crippen LogP contribution in [0, 0.1) is 5.92 Å². The molecule has 1 fully saturated rings. The van der Waals surface area contributed by atoms with Gasteiger partial charge in [0.05, 0.1) is 0 Å². The average Bonchev–Trinajstić information content (AvgIpc) is 2.00. The van der Waals surface area contributed by atoms with Gasteiger partial charge in [0.2, 0.25) is 5.91 Å². The van der Waals surface area contributed by atoms with Gasteiger partial charge in [0.15, 0.2) is 0 Å². The SMILES string of the molecule is F[P-](F)(F)(F)(F)F.NC(=O)C1CC[N-]CC1.[NH2-].[NH2-].[NH2-].[NH2-].[NH2-].[Ru+8]. The van der Waals surface area contributed by atoms with Crippen LogP contribution in [0.1, 0.15) is 12.8 Å². The first-order valence-electron chi connectivity index (χ1n) is 4.24. The van der Waals surface area contributed by atoms with Crippen LogP contribution in [0.5, 0.6) is 0 Å². The quantitative estimate of drug-likeness (QED) is 0.242. The first-order valence-corrected chi connectivity index (χ1v) is 6.27. The molecule has 22 heavy (non-hydrogen) atoms. The van der Waals surface area contributed by atoms with Gasteiger partial charge in [0.25, 0.3) is 0 Å². The van der Waals surface area contributed by atoms with Gasteiger partial charge in [-0.1, -0.05) is 12.8 Å². The Labute approximate surface area is 137 Å². The second kappa shape index (κ2) is 12.3. The Morgan fingerprint density at radius 3 is 1.23 bits per heavy atom. The van der Waals surface area contributed by atoms with E-state index in [0.717, 1.165) is 25.9 Å². The Bertz CT molecular complexity index is 261. The maximum Gasteiger partial charge on any atom is 8.00 e. The van der Waals surface area contributed by atoms with Crippen LogP contribution in [0.4, 0.5) is 25.2 Å².